The Morgan fingerprint density at radius 3 is 1.45 bits per heavy atom. The molecule has 0 saturated heterocycles. The summed E-state index contributed by atoms with van der Waals surface area (Å²) in [5, 5.41) is 0. The van der Waals surface area contributed by atoms with Crippen molar-refractivity contribution in [2.75, 3.05) is 32.8 Å². The summed E-state index contributed by atoms with van der Waals surface area (Å²) >= 11 is 0. The third-order valence-electron chi connectivity index (χ3n) is 4.10. The number of benzene rings is 1. The second-order valence-electron chi connectivity index (χ2n) is 6.93. The Bertz CT molecular complexity index is 541. The average Bonchev–Trinajstić information content (AvgIpc) is 2.78. The Hall–Kier alpha value is -0.511. The molecular weight excluding hydrogens is 464 g/mol. The van der Waals surface area contributed by atoms with Gasteiger partial charge in [-0.25, -0.2) is 0 Å². The molecule has 0 spiro atoms. The maximum atomic E-state index is 11.9. The summed E-state index contributed by atoms with van der Waals surface area (Å²) in [6, 6.07) is 8.33. The molecule has 0 atom stereocenters. The van der Waals surface area contributed by atoms with Gasteiger partial charge in [-0.15, -0.1) is 0 Å². The van der Waals surface area contributed by atoms with Crippen LogP contribution >= 0.6 is 0 Å². The molecule has 0 aliphatic heterocycles. The molecule has 0 aromatic heterocycles. The molecule has 9 heteroatoms. The normalized spacial score (nSPS) is 10.2. The maximum Gasteiger partial charge on any atom is 0.296 e. The van der Waals surface area contributed by atoms with Crippen molar-refractivity contribution in [3.05, 3.63) is 30.3 Å². The standard InChI is InChI=1S/C18H30O3S.2C2H8N2.Cu/c1-2-3-4-5-6-7-8-9-10-14-17-21-22(19,20)18-15-12-11-13-16-18;2*3-1-2-4;/h11-13,15-16H,2-10,14,17H2,1H3;2*1-4H2;. The zero-order valence-corrected chi connectivity index (χ0v) is 21.0. The molecule has 1 radical (unpaired) electrons. The minimum atomic E-state index is -3.57. The molecule has 0 bridgehead atoms. The van der Waals surface area contributed by atoms with Crippen molar-refractivity contribution >= 4 is 10.1 Å². The Balaban J connectivity index is -0.000000747. The van der Waals surface area contributed by atoms with Crippen LogP contribution in [-0.4, -0.2) is 41.2 Å². The van der Waals surface area contributed by atoms with Crippen LogP contribution in [0.25, 0.3) is 0 Å². The van der Waals surface area contributed by atoms with Gasteiger partial charge >= 0.3 is 0 Å². The number of rotatable bonds is 15. The van der Waals surface area contributed by atoms with Gasteiger partial charge in [-0.05, 0) is 18.6 Å². The van der Waals surface area contributed by atoms with Crippen LogP contribution in [0.1, 0.15) is 71.1 Å². The predicted molar refractivity (Wildman–Crippen MR) is 128 cm³/mol. The fraction of sp³-hybridized carbons (Fsp3) is 0.727. The Kier molecular flexibility index (Phi) is 31.2. The van der Waals surface area contributed by atoms with Gasteiger partial charge in [0.05, 0.1) is 11.5 Å². The first-order valence-corrected chi connectivity index (χ1v) is 12.7. The number of nitrogens with two attached hydrogens (primary N) is 4. The van der Waals surface area contributed by atoms with Crippen LogP contribution in [0.15, 0.2) is 35.2 Å². The molecule has 0 amide bonds. The van der Waals surface area contributed by atoms with Crippen LogP contribution in [0, 0.1) is 0 Å². The van der Waals surface area contributed by atoms with Gasteiger partial charge in [0.25, 0.3) is 10.1 Å². The molecule has 0 saturated carbocycles. The summed E-state index contributed by atoms with van der Waals surface area (Å²) in [6.45, 7) is 4.91. The fourth-order valence-corrected chi connectivity index (χ4v) is 3.38. The van der Waals surface area contributed by atoms with Crippen molar-refractivity contribution in [2.45, 2.75) is 76.0 Å². The van der Waals surface area contributed by atoms with E-state index >= 15 is 0 Å². The van der Waals surface area contributed by atoms with E-state index in [9.17, 15) is 8.42 Å². The first-order chi connectivity index (χ1) is 14.5. The van der Waals surface area contributed by atoms with E-state index in [-0.39, 0.29) is 28.6 Å². The first-order valence-electron chi connectivity index (χ1n) is 11.2. The smallest absolute Gasteiger partial charge is 0.296 e. The minimum Gasteiger partial charge on any atom is -0.329 e. The van der Waals surface area contributed by atoms with Crippen molar-refractivity contribution in [1.29, 1.82) is 0 Å². The zero-order chi connectivity index (χ0) is 22.9. The molecule has 8 N–H and O–H groups in total. The van der Waals surface area contributed by atoms with Gasteiger partial charge < -0.3 is 22.9 Å². The van der Waals surface area contributed by atoms with Crippen molar-refractivity contribution in [1.82, 2.24) is 0 Å². The number of hydrogen-bond donors (Lipinski definition) is 4. The fourth-order valence-electron chi connectivity index (χ4n) is 2.41. The molecule has 0 aliphatic carbocycles. The van der Waals surface area contributed by atoms with E-state index in [1.54, 1.807) is 30.3 Å². The summed E-state index contributed by atoms with van der Waals surface area (Å²) in [6.07, 6.45) is 12.3. The third kappa shape index (κ3) is 25.6. The topological polar surface area (TPSA) is 147 Å². The summed E-state index contributed by atoms with van der Waals surface area (Å²) in [7, 11) is -3.57. The second-order valence-corrected chi connectivity index (χ2v) is 8.54. The monoisotopic (exact) mass is 509 g/mol. The molecular formula is C22H46CuN4O3S. The van der Waals surface area contributed by atoms with E-state index in [2.05, 4.69) is 6.92 Å². The van der Waals surface area contributed by atoms with E-state index in [1.807, 2.05) is 0 Å². The Labute approximate surface area is 201 Å². The van der Waals surface area contributed by atoms with Gasteiger partial charge in [0, 0.05) is 43.2 Å². The van der Waals surface area contributed by atoms with Crippen molar-refractivity contribution in [2.24, 2.45) is 22.9 Å². The second kappa shape index (κ2) is 27.5. The molecule has 1 aromatic rings. The molecule has 0 heterocycles. The van der Waals surface area contributed by atoms with Gasteiger partial charge in [0.1, 0.15) is 0 Å². The first kappa shape index (κ1) is 35.1. The molecule has 1 rings (SSSR count). The zero-order valence-electron chi connectivity index (χ0n) is 19.2. The predicted octanol–water partition coefficient (Wildman–Crippen LogP) is 3.12. The Morgan fingerprint density at radius 2 is 1.06 bits per heavy atom. The molecule has 1 aromatic carbocycles. The van der Waals surface area contributed by atoms with E-state index in [0.717, 1.165) is 12.8 Å². The molecule has 7 nitrogen and oxygen atoms in total. The summed E-state index contributed by atoms with van der Waals surface area (Å²) in [4.78, 5) is 0.238. The number of unbranched alkanes of at least 4 members (excludes halogenated alkanes) is 9. The molecule has 0 aliphatic rings. The van der Waals surface area contributed by atoms with Gasteiger partial charge in [-0.3, -0.25) is 4.18 Å². The molecule has 0 unspecified atom stereocenters. The van der Waals surface area contributed by atoms with Crippen LogP contribution in [0.3, 0.4) is 0 Å². The van der Waals surface area contributed by atoms with E-state index in [4.69, 9.17) is 27.1 Å². The molecule has 189 valence electrons. The third-order valence-corrected chi connectivity index (χ3v) is 5.43. The van der Waals surface area contributed by atoms with Crippen LogP contribution in [-0.2, 0) is 31.4 Å². The largest absolute Gasteiger partial charge is 0.329 e. The summed E-state index contributed by atoms with van der Waals surface area (Å²) < 4.78 is 28.8. The SMILES string of the molecule is CCCCCCCCCCCCOS(=O)(=O)c1ccccc1.NCCN.NCCN.[Cu]. The Morgan fingerprint density at radius 1 is 0.677 bits per heavy atom. The van der Waals surface area contributed by atoms with Gasteiger partial charge in [0.15, 0.2) is 0 Å². The molecule has 0 fully saturated rings. The summed E-state index contributed by atoms with van der Waals surface area (Å²) in [5.74, 6) is 0. The molecule has 31 heavy (non-hydrogen) atoms. The quantitative estimate of drug-likeness (QED) is 0.161. The van der Waals surface area contributed by atoms with Crippen molar-refractivity contribution in [3.8, 4) is 0 Å². The van der Waals surface area contributed by atoms with Crippen molar-refractivity contribution < 1.29 is 29.7 Å². The van der Waals surface area contributed by atoms with E-state index in [0.29, 0.717) is 26.2 Å². The maximum absolute atomic E-state index is 11.9. The van der Waals surface area contributed by atoms with Crippen molar-refractivity contribution in [3.63, 3.8) is 0 Å². The van der Waals surface area contributed by atoms with Crippen LogP contribution in [0.4, 0.5) is 0 Å². The minimum absolute atomic E-state index is 0. The van der Waals surface area contributed by atoms with Crippen LogP contribution < -0.4 is 22.9 Å². The van der Waals surface area contributed by atoms with Crippen LogP contribution in [0.2, 0.25) is 0 Å². The number of hydrogen-bond acceptors (Lipinski definition) is 7. The van der Waals surface area contributed by atoms with E-state index < -0.39 is 10.1 Å². The summed E-state index contributed by atoms with van der Waals surface area (Å²) in [5.41, 5.74) is 19.6. The van der Waals surface area contributed by atoms with E-state index in [1.165, 1.54) is 51.4 Å². The van der Waals surface area contributed by atoms with Gasteiger partial charge in [-0.2, -0.15) is 8.42 Å². The van der Waals surface area contributed by atoms with Crippen LogP contribution in [0.5, 0.6) is 0 Å². The van der Waals surface area contributed by atoms with Gasteiger partial charge in [0.2, 0.25) is 0 Å². The van der Waals surface area contributed by atoms with Gasteiger partial charge in [-0.1, -0.05) is 82.9 Å². The average molecular weight is 510 g/mol.